The number of hydrogen-bond acceptors (Lipinski definition) is 4. The maximum atomic E-state index is 5.87. The fourth-order valence-electron chi connectivity index (χ4n) is 2.09. The van der Waals surface area contributed by atoms with E-state index < -0.39 is 0 Å². The zero-order valence-electron chi connectivity index (χ0n) is 10.5. The van der Waals surface area contributed by atoms with Crippen molar-refractivity contribution in [2.75, 3.05) is 37.0 Å². The van der Waals surface area contributed by atoms with E-state index in [-0.39, 0.29) is 0 Å². The lowest BCUT2D eigenvalue weighted by Gasteiger charge is -2.35. The summed E-state index contributed by atoms with van der Waals surface area (Å²) >= 11 is 0. The normalized spacial score (nSPS) is 20.4. The number of ether oxygens (including phenoxy) is 2. The predicted molar refractivity (Wildman–Crippen MR) is 69.7 cm³/mol. The number of nitrogens with two attached hydrogens (primary N) is 1. The van der Waals surface area contributed by atoms with Crippen molar-refractivity contribution in [1.82, 2.24) is 0 Å². The van der Waals surface area contributed by atoms with Crippen molar-refractivity contribution in [2.45, 2.75) is 19.9 Å². The molecule has 1 fully saturated rings. The van der Waals surface area contributed by atoms with Crippen LogP contribution in [0.5, 0.6) is 5.75 Å². The molecule has 17 heavy (non-hydrogen) atoms. The number of rotatable bonds is 3. The Labute approximate surface area is 102 Å². The summed E-state index contributed by atoms with van der Waals surface area (Å²) in [6, 6.07) is 6.35. The second-order valence-corrected chi connectivity index (χ2v) is 4.27. The summed E-state index contributed by atoms with van der Waals surface area (Å²) in [6.07, 6.45) is 0. The fraction of sp³-hybridized carbons (Fsp3) is 0.538. The van der Waals surface area contributed by atoms with Crippen LogP contribution in [-0.4, -0.2) is 32.4 Å². The molecule has 1 aliphatic heterocycles. The van der Waals surface area contributed by atoms with Crippen molar-refractivity contribution in [3.05, 3.63) is 18.2 Å². The number of hydrogen-bond donors (Lipinski definition) is 1. The van der Waals surface area contributed by atoms with Crippen molar-refractivity contribution >= 4 is 11.4 Å². The maximum Gasteiger partial charge on any atom is 0.144 e. The first-order valence-corrected chi connectivity index (χ1v) is 6.09. The minimum absolute atomic E-state index is 0.391. The van der Waals surface area contributed by atoms with Crippen molar-refractivity contribution in [1.29, 1.82) is 0 Å². The smallest absolute Gasteiger partial charge is 0.144 e. The van der Waals surface area contributed by atoms with E-state index >= 15 is 0 Å². The Hall–Kier alpha value is -1.42. The van der Waals surface area contributed by atoms with Crippen LogP contribution in [0.25, 0.3) is 0 Å². The summed E-state index contributed by atoms with van der Waals surface area (Å²) in [5, 5.41) is 0. The zero-order chi connectivity index (χ0) is 12.3. The molecule has 1 aliphatic rings. The minimum Gasteiger partial charge on any atom is -0.492 e. The Bertz CT molecular complexity index is 382. The largest absolute Gasteiger partial charge is 0.492 e. The van der Waals surface area contributed by atoms with Gasteiger partial charge in [-0.25, -0.2) is 0 Å². The monoisotopic (exact) mass is 236 g/mol. The molecule has 0 aliphatic carbocycles. The molecule has 94 valence electrons. The summed E-state index contributed by atoms with van der Waals surface area (Å²) in [5.74, 6) is 0.767. The number of benzene rings is 1. The molecule has 0 saturated carbocycles. The molecule has 2 N–H and O–H groups in total. The van der Waals surface area contributed by atoms with Gasteiger partial charge in [-0.15, -0.1) is 0 Å². The highest BCUT2D eigenvalue weighted by molar-refractivity contribution is 5.62. The van der Waals surface area contributed by atoms with Gasteiger partial charge in [-0.2, -0.15) is 0 Å². The van der Waals surface area contributed by atoms with Gasteiger partial charge in [0.1, 0.15) is 5.75 Å². The van der Waals surface area contributed by atoms with E-state index in [2.05, 4.69) is 11.8 Å². The molecule has 0 amide bonds. The van der Waals surface area contributed by atoms with Gasteiger partial charge in [-0.1, -0.05) is 0 Å². The Morgan fingerprint density at radius 1 is 1.53 bits per heavy atom. The van der Waals surface area contributed by atoms with E-state index in [0.717, 1.165) is 31.2 Å². The van der Waals surface area contributed by atoms with Crippen molar-refractivity contribution in [2.24, 2.45) is 0 Å². The number of anilines is 2. The van der Waals surface area contributed by atoms with Gasteiger partial charge < -0.3 is 20.1 Å². The van der Waals surface area contributed by atoms with Gasteiger partial charge >= 0.3 is 0 Å². The Kier molecular flexibility index (Phi) is 3.74. The molecular weight excluding hydrogens is 216 g/mol. The summed E-state index contributed by atoms with van der Waals surface area (Å²) in [5.41, 5.74) is 7.71. The molecule has 2 rings (SSSR count). The molecule has 1 saturated heterocycles. The second kappa shape index (κ2) is 5.27. The summed E-state index contributed by atoms with van der Waals surface area (Å²) in [4.78, 5) is 2.32. The molecule has 0 radical (unpaired) electrons. The van der Waals surface area contributed by atoms with Crippen LogP contribution in [0.1, 0.15) is 13.8 Å². The molecule has 0 aromatic heterocycles. The summed E-state index contributed by atoms with van der Waals surface area (Å²) in [7, 11) is 0. The first kappa shape index (κ1) is 12.0. The Morgan fingerprint density at radius 2 is 2.35 bits per heavy atom. The molecule has 0 bridgehead atoms. The average Bonchev–Trinajstić information content (AvgIpc) is 2.33. The van der Waals surface area contributed by atoms with Crippen molar-refractivity contribution in [3.63, 3.8) is 0 Å². The maximum absolute atomic E-state index is 5.87. The van der Waals surface area contributed by atoms with E-state index in [1.165, 1.54) is 0 Å². The highest BCUT2D eigenvalue weighted by Gasteiger charge is 2.19. The molecule has 4 heteroatoms. The van der Waals surface area contributed by atoms with E-state index in [9.17, 15) is 0 Å². The van der Waals surface area contributed by atoms with Gasteiger partial charge in [0.15, 0.2) is 0 Å². The van der Waals surface area contributed by atoms with Crippen LogP contribution >= 0.6 is 0 Å². The number of nitrogens with zero attached hydrogens (tertiary/aromatic N) is 1. The highest BCUT2D eigenvalue weighted by atomic mass is 16.5. The van der Waals surface area contributed by atoms with Crippen LogP contribution in [0.15, 0.2) is 18.2 Å². The van der Waals surface area contributed by atoms with Gasteiger partial charge in [-0.05, 0) is 26.0 Å². The Balaban J connectivity index is 2.22. The summed E-state index contributed by atoms with van der Waals surface area (Å²) in [6.45, 7) is 7.22. The van der Waals surface area contributed by atoms with E-state index in [0.29, 0.717) is 18.3 Å². The standard InChI is InChI=1S/C13H20N2O2/c1-3-17-13-8-11(4-5-12(13)14)15-6-7-16-9-10(15)2/h4-5,8,10H,3,6-7,9,14H2,1-2H3. The molecule has 1 aromatic carbocycles. The minimum atomic E-state index is 0.391. The van der Waals surface area contributed by atoms with Crippen LogP contribution < -0.4 is 15.4 Å². The van der Waals surface area contributed by atoms with Crippen LogP contribution in [0.4, 0.5) is 11.4 Å². The molecule has 1 atom stereocenters. The first-order valence-electron chi connectivity index (χ1n) is 6.09. The quantitative estimate of drug-likeness (QED) is 0.814. The third kappa shape index (κ3) is 2.64. The first-order chi connectivity index (χ1) is 8.22. The van der Waals surface area contributed by atoms with Crippen molar-refractivity contribution < 1.29 is 9.47 Å². The zero-order valence-corrected chi connectivity index (χ0v) is 10.5. The molecular formula is C13H20N2O2. The SMILES string of the molecule is CCOc1cc(N2CCOCC2C)ccc1N. The predicted octanol–water partition coefficient (Wildman–Crippen LogP) is 1.89. The topological polar surface area (TPSA) is 47.7 Å². The lowest BCUT2D eigenvalue weighted by Crippen LogP contribution is -2.43. The van der Waals surface area contributed by atoms with Gasteiger partial charge in [0.05, 0.1) is 25.5 Å². The molecule has 1 unspecified atom stereocenters. The number of nitrogen functional groups attached to an aromatic ring is 1. The fourth-order valence-corrected chi connectivity index (χ4v) is 2.09. The van der Waals surface area contributed by atoms with Crippen LogP contribution in [-0.2, 0) is 4.74 Å². The van der Waals surface area contributed by atoms with E-state index in [4.69, 9.17) is 15.2 Å². The lowest BCUT2D eigenvalue weighted by atomic mass is 10.2. The molecule has 1 aromatic rings. The highest BCUT2D eigenvalue weighted by Crippen LogP contribution is 2.29. The third-order valence-corrected chi connectivity index (χ3v) is 3.00. The van der Waals surface area contributed by atoms with Crippen molar-refractivity contribution in [3.8, 4) is 5.75 Å². The average molecular weight is 236 g/mol. The van der Waals surface area contributed by atoms with E-state index in [1.54, 1.807) is 0 Å². The van der Waals surface area contributed by atoms with E-state index in [1.807, 2.05) is 25.1 Å². The van der Waals surface area contributed by atoms with Gasteiger partial charge in [0.25, 0.3) is 0 Å². The van der Waals surface area contributed by atoms with Gasteiger partial charge in [0, 0.05) is 24.3 Å². The van der Waals surface area contributed by atoms with Crippen LogP contribution in [0.2, 0.25) is 0 Å². The van der Waals surface area contributed by atoms with Crippen LogP contribution in [0, 0.1) is 0 Å². The number of morpholine rings is 1. The Morgan fingerprint density at radius 3 is 3.06 bits per heavy atom. The second-order valence-electron chi connectivity index (χ2n) is 4.27. The third-order valence-electron chi connectivity index (χ3n) is 3.00. The molecule has 4 nitrogen and oxygen atoms in total. The van der Waals surface area contributed by atoms with Crippen LogP contribution in [0.3, 0.4) is 0 Å². The molecule has 1 heterocycles. The van der Waals surface area contributed by atoms with Gasteiger partial charge in [0.2, 0.25) is 0 Å². The lowest BCUT2D eigenvalue weighted by molar-refractivity contribution is 0.0989. The molecule has 0 spiro atoms. The summed E-state index contributed by atoms with van der Waals surface area (Å²) < 4.78 is 11.0. The van der Waals surface area contributed by atoms with Gasteiger partial charge in [-0.3, -0.25) is 0 Å².